The topological polar surface area (TPSA) is 51.2 Å². The van der Waals surface area contributed by atoms with Crippen LogP contribution in [0.25, 0.3) is 0 Å². The molecule has 2 aromatic rings. The number of amides is 1. The molecule has 0 radical (unpaired) electrons. The van der Waals surface area contributed by atoms with Crippen LogP contribution in [-0.2, 0) is 11.3 Å². The minimum absolute atomic E-state index is 0.248. The van der Waals surface area contributed by atoms with Crippen LogP contribution in [0.15, 0.2) is 48.7 Å². The van der Waals surface area contributed by atoms with E-state index in [-0.39, 0.29) is 6.61 Å². The van der Waals surface area contributed by atoms with Gasteiger partial charge in [0, 0.05) is 6.20 Å². The van der Waals surface area contributed by atoms with Gasteiger partial charge in [-0.25, -0.2) is 9.78 Å². The first-order valence-corrected chi connectivity index (χ1v) is 7.12. The molecule has 0 saturated heterocycles. The molecule has 1 atom stereocenters. The summed E-state index contributed by atoms with van der Waals surface area (Å²) in [6.07, 6.45) is 2.36. The lowest BCUT2D eigenvalue weighted by Gasteiger charge is -2.10. The van der Waals surface area contributed by atoms with Gasteiger partial charge in [-0.2, -0.15) is 0 Å². The molecule has 2 rings (SSSR count). The van der Waals surface area contributed by atoms with Gasteiger partial charge >= 0.3 is 6.09 Å². The fraction of sp³-hybridized carbons (Fsp3) is 0.294. The first kappa shape index (κ1) is 15.0. The number of pyridine rings is 1. The van der Waals surface area contributed by atoms with E-state index in [0.29, 0.717) is 11.7 Å². The highest BCUT2D eigenvalue weighted by Crippen LogP contribution is 2.18. The van der Waals surface area contributed by atoms with Gasteiger partial charge in [-0.05, 0) is 29.5 Å². The van der Waals surface area contributed by atoms with E-state index in [1.54, 1.807) is 12.3 Å². The summed E-state index contributed by atoms with van der Waals surface area (Å²) < 4.78 is 5.14. The highest BCUT2D eigenvalue weighted by Gasteiger charge is 2.06. The van der Waals surface area contributed by atoms with Crippen molar-refractivity contribution in [2.75, 3.05) is 5.32 Å². The van der Waals surface area contributed by atoms with Crippen molar-refractivity contribution in [3.63, 3.8) is 0 Å². The number of rotatable bonds is 5. The molecule has 4 heteroatoms. The van der Waals surface area contributed by atoms with Crippen molar-refractivity contribution in [3.05, 3.63) is 59.8 Å². The number of hydrogen-bond donors (Lipinski definition) is 1. The smallest absolute Gasteiger partial charge is 0.413 e. The van der Waals surface area contributed by atoms with Crippen LogP contribution in [0.1, 0.15) is 37.3 Å². The number of nitrogens with one attached hydrogen (secondary N) is 1. The molecule has 1 aromatic carbocycles. The van der Waals surface area contributed by atoms with Crippen molar-refractivity contribution in [3.8, 4) is 0 Å². The van der Waals surface area contributed by atoms with E-state index in [0.717, 1.165) is 12.0 Å². The Labute approximate surface area is 125 Å². The predicted octanol–water partition coefficient (Wildman–Crippen LogP) is 4.34. The maximum Gasteiger partial charge on any atom is 0.413 e. The minimum atomic E-state index is -0.498. The molecule has 110 valence electrons. The Hall–Kier alpha value is -2.36. The van der Waals surface area contributed by atoms with Crippen molar-refractivity contribution in [2.45, 2.75) is 32.8 Å². The number of nitrogens with zero attached hydrogens (tertiary/aromatic N) is 1. The van der Waals surface area contributed by atoms with Crippen LogP contribution in [0.5, 0.6) is 0 Å². The molecule has 0 aliphatic heterocycles. The summed E-state index contributed by atoms with van der Waals surface area (Å²) in [5.74, 6) is 0.969. The normalized spacial score (nSPS) is 11.7. The van der Waals surface area contributed by atoms with Gasteiger partial charge in [-0.3, -0.25) is 5.32 Å². The number of hydrogen-bond acceptors (Lipinski definition) is 3. The van der Waals surface area contributed by atoms with E-state index >= 15 is 0 Å². The molecule has 0 spiro atoms. The maximum absolute atomic E-state index is 11.7. The largest absolute Gasteiger partial charge is 0.444 e. The van der Waals surface area contributed by atoms with E-state index in [1.165, 1.54) is 5.56 Å². The molecule has 0 fully saturated rings. The van der Waals surface area contributed by atoms with Crippen LogP contribution in [0.2, 0.25) is 0 Å². The van der Waals surface area contributed by atoms with Gasteiger partial charge in [0.1, 0.15) is 12.4 Å². The van der Waals surface area contributed by atoms with Crippen molar-refractivity contribution in [2.24, 2.45) is 0 Å². The van der Waals surface area contributed by atoms with E-state index in [9.17, 15) is 4.79 Å². The third-order valence-corrected chi connectivity index (χ3v) is 3.41. The highest BCUT2D eigenvalue weighted by atomic mass is 16.5. The number of aromatic nitrogens is 1. The van der Waals surface area contributed by atoms with Crippen LogP contribution in [-0.4, -0.2) is 11.1 Å². The summed E-state index contributed by atoms with van der Waals surface area (Å²) in [6.45, 7) is 4.54. The lowest BCUT2D eigenvalue weighted by atomic mass is 10.0. The standard InChI is InChI=1S/C17H20N2O2/c1-3-13(2)15-9-10-16(18-11-15)19-17(20)21-12-14-7-5-4-6-8-14/h4-11,13H,3,12H2,1-2H3,(H,18,19,20)/t13-/m1/s1. The van der Waals surface area contributed by atoms with E-state index < -0.39 is 6.09 Å². The summed E-state index contributed by atoms with van der Waals surface area (Å²) in [5.41, 5.74) is 2.12. The Kier molecular flexibility index (Phi) is 5.32. The lowest BCUT2D eigenvalue weighted by molar-refractivity contribution is 0.155. The van der Waals surface area contributed by atoms with Crippen LogP contribution < -0.4 is 5.32 Å². The first-order valence-electron chi connectivity index (χ1n) is 7.12. The average molecular weight is 284 g/mol. The van der Waals surface area contributed by atoms with Crippen molar-refractivity contribution in [1.29, 1.82) is 0 Å². The molecule has 1 N–H and O–H groups in total. The Morgan fingerprint density at radius 1 is 1.24 bits per heavy atom. The minimum Gasteiger partial charge on any atom is -0.444 e. The molecular weight excluding hydrogens is 264 g/mol. The quantitative estimate of drug-likeness (QED) is 0.888. The molecule has 0 aliphatic rings. The number of carbonyl (C=O) groups excluding carboxylic acids is 1. The SMILES string of the molecule is CC[C@@H](C)c1ccc(NC(=O)OCc2ccccc2)nc1. The van der Waals surface area contributed by atoms with Crippen molar-refractivity contribution < 1.29 is 9.53 Å². The Morgan fingerprint density at radius 2 is 2.00 bits per heavy atom. The molecule has 1 amide bonds. The van der Waals surface area contributed by atoms with Crippen LogP contribution >= 0.6 is 0 Å². The maximum atomic E-state index is 11.7. The van der Waals surface area contributed by atoms with Crippen LogP contribution in [0.3, 0.4) is 0 Å². The van der Waals surface area contributed by atoms with Gasteiger partial charge in [-0.15, -0.1) is 0 Å². The predicted molar refractivity (Wildman–Crippen MR) is 83.2 cm³/mol. The van der Waals surface area contributed by atoms with Crippen molar-refractivity contribution >= 4 is 11.9 Å². The van der Waals surface area contributed by atoms with E-state index in [2.05, 4.69) is 24.1 Å². The Morgan fingerprint density at radius 3 is 2.62 bits per heavy atom. The molecule has 1 heterocycles. The second-order valence-corrected chi connectivity index (χ2v) is 4.97. The highest BCUT2D eigenvalue weighted by molar-refractivity contribution is 5.83. The Bertz CT molecular complexity index is 567. The van der Waals surface area contributed by atoms with E-state index in [4.69, 9.17) is 4.74 Å². The van der Waals surface area contributed by atoms with Crippen LogP contribution in [0, 0.1) is 0 Å². The van der Waals surface area contributed by atoms with Crippen LogP contribution in [0.4, 0.5) is 10.6 Å². The summed E-state index contributed by atoms with van der Waals surface area (Å²) >= 11 is 0. The van der Waals surface area contributed by atoms with Gasteiger partial charge < -0.3 is 4.74 Å². The summed E-state index contributed by atoms with van der Waals surface area (Å²) in [4.78, 5) is 15.9. The van der Waals surface area contributed by atoms with Gasteiger partial charge in [0.05, 0.1) is 0 Å². The third kappa shape index (κ3) is 4.60. The van der Waals surface area contributed by atoms with Gasteiger partial charge in [-0.1, -0.05) is 50.2 Å². The molecular formula is C17H20N2O2. The lowest BCUT2D eigenvalue weighted by Crippen LogP contribution is -2.14. The van der Waals surface area contributed by atoms with Crippen molar-refractivity contribution in [1.82, 2.24) is 4.98 Å². The molecule has 0 unspecified atom stereocenters. The zero-order chi connectivity index (χ0) is 15.1. The molecule has 4 nitrogen and oxygen atoms in total. The van der Waals surface area contributed by atoms with Gasteiger partial charge in [0.25, 0.3) is 0 Å². The second kappa shape index (κ2) is 7.43. The summed E-state index contributed by atoms with van der Waals surface area (Å²) in [5, 5.41) is 2.62. The third-order valence-electron chi connectivity index (χ3n) is 3.41. The Balaban J connectivity index is 1.85. The molecule has 1 aromatic heterocycles. The number of carbonyl (C=O) groups is 1. The average Bonchev–Trinajstić information content (AvgIpc) is 2.54. The summed E-state index contributed by atoms with van der Waals surface area (Å²) in [7, 11) is 0. The molecule has 21 heavy (non-hydrogen) atoms. The number of anilines is 1. The fourth-order valence-corrected chi connectivity index (χ4v) is 1.87. The number of ether oxygens (including phenoxy) is 1. The number of benzene rings is 1. The zero-order valence-electron chi connectivity index (χ0n) is 12.4. The second-order valence-electron chi connectivity index (χ2n) is 4.97. The monoisotopic (exact) mass is 284 g/mol. The van der Waals surface area contributed by atoms with E-state index in [1.807, 2.05) is 36.4 Å². The first-order chi connectivity index (χ1) is 10.2. The zero-order valence-corrected chi connectivity index (χ0v) is 12.4. The molecule has 0 bridgehead atoms. The van der Waals surface area contributed by atoms with Gasteiger partial charge in [0.2, 0.25) is 0 Å². The molecule has 0 aliphatic carbocycles. The summed E-state index contributed by atoms with van der Waals surface area (Å²) in [6, 6.07) is 13.3. The van der Waals surface area contributed by atoms with Gasteiger partial charge in [0.15, 0.2) is 0 Å². The fourth-order valence-electron chi connectivity index (χ4n) is 1.87. The molecule has 0 saturated carbocycles.